The van der Waals surface area contributed by atoms with E-state index in [0.717, 1.165) is 24.1 Å². The van der Waals surface area contributed by atoms with Gasteiger partial charge in [0.2, 0.25) is 0 Å². The number of aromatic nitrogens is 1. The molecule has 1 unspecified atom stereocenters. The van der Waals surface area contributed by atoms with Crippen LogP contribution < -0.4 is 5.73 Å². The van der Waals surface area contributed by atoms with Crippen LogP contribution in [-0.2, 0) is 12.8 Å². The quantitative estimate of drug-likeness (QED) is 0.886. The molecule has 1 aromatic heterocycles. The van der Waals surface area contributed by atoms with Gasteiger partial charge in [-0.3, -0.25) is 0 Å². The maximum absolute atomic E-state index is 13.1. The molecule has 2 aromatic rings. The van der Waals surface area contributed by atoms with Crippen LogP contribution in [0.15, 0.2) is 35.2 Å². The lowest BCUT2D eigenvalue weighted by Gasteiger charge is -2.13. The van der Waals surface area contributed by atoms with Crippen molar-refractivity contribution >= 4 is 11.3 Å². The van der Waals surface area contributed by atoms with Gasteiger partial charge in [0.1, 0.15) is 5.82 Å². The van der Waals surface area contributed by atoms with Gasteiger partial charge in [-0.05, 0) is 43.0 Å². The van der Waals surface area contributed by atoms with Crippen LogP contribution in [0.5, 0.6) is 0 Å². The molecule has 0 amide bonds. The molecule has 0 fully saturated rings. The van der Waals surface area contributed by atoms with Crippen molar-refractivity contribution in [2.75, 3.05) is 6.54 Å². The average molecular weight is 250 g/mol. The van der Waals surface area contributed by atoms with Crippen molar-refractivity contribution in [3.05, 3.63) is 52.2 Å². The van der Waals surface area contributed by atoms with Crippen molar-refractivity contribution in [1.82, 2.24) is 4.98 Å². The molecule has 0 spiro atoms. The lowest BCUT2D eigenvalue weighted by molar-refractivity contribution is 0.525. The molecule has 0 aliphatic rings. The summed E-state index contributed by atoms with van der Waals surface area (Å²) >= 11 is 1.59. The smallest absolute Gasteiger partial charge is 0.123 e. The highest BCUT2D eigenvalue weighted by atomic mass is 32.1. The molecular formula is C13H15FN2S. The van der Waals surface area contributed by atoms with E-state index in [9.17, 15) is 4.39 Å². The minimum Gasteiger partial charge on any atom is -0.330 e. The SMILES string of the molecule is NCC(Cc1cccc(F)c1)Cc1cscn1. The van der Waals surface area contributed by atoms with Crippen LogP contribution in [0.25, 0.3) is 0 Å². The monoisotopic (exact) mass is 250 g/mol. The second kappa shape index (κ2) is 5.89. The van der Waals surface area contributed by atoms with Crippen molar-refractivity contribution < 1.29 is 4.39 Å². The largest absolute Gasteiger partial charge is 0.330 e. The van der Waals surface area contributed by atoms with Gasteiger partial charge in [0.15, 0.2) is 0 Å². The summed E-state index contributed by atoms with van der Waals surface area (Å²) in [6.07, 6.45) is 1.66. The Morgan fingerprint density at radius 1 is 1.35 bits per heavy atom. The van der Waals surface area contributed by atoms with Crippen molar-refractivity contribution in [3.63, 3.8) is 0 Å². The molecule has 0 aliphatic heterocycles. The van der Waals surface area contributed by atoms with Crippen LogP contribution in [0.3, 0.4) is 0 Å². The maximum Gasteiger partial charge on any atom is 0.123 e. The standard InChI is InChI=1S/C13H15FN2S/c14-12-3-1-2-10(5-12)4-11(7-15)6-13-8-17-9-16-13/h1-3,5,8-9,11H,4,6-7,15H2. The van der Waals surface area contributed by atoms with Gasteiger partial charge in [0, 0.05) is 5.38 Å². The third kappa shape index (κ3) is 3.61. The fraction of sp³-hybridized carbons (Fsp3) is 0.308. The van der Waals surface area contributed by atoms with Crippen LogP contribution >= 0.6 is 11.3 Å². The van der Waals surface area contributed by atoms with E-state index in [1.807, 2.05) is 17.0 Å². The van der Waals surface area contributed by atoms with E-state index in [-0.39, 0.29) is 5.82 Å². The highest BCUT2D eigenvalue weighted by molar-refractivity contribution is 7.07. The first kappa shape index (κ1) is 12.2. The summed E-state index contributed by atoms with van der Waals surface area (Å²) < 4.78 is 13.1. The molecule has 0 aliphatic carbocycles. The number of benzene rings is 1. The summed E-state index contributed by atoms with van der Waals surface area (Å²) in [5.41, 5.74) is 9.65. The third-order valence-corrected chi connectivity index (χ3v) is 3.36. The van der Waals surface area contributed by atoms with E-state index >= 15 is 0 Å². The molecule has 0 saturated heterocycles. The molecule has 1 aromatic carbocycles. The van der Waals surface area contributed by atoms with E-state index in [4.69, 9.17) is 5.73 Å². The van der Waals surface area contributed by atoms with Gasteiger partial charge in [-0.1, -0.05) is 12.1 Å². The first-order valence-electron chi connectivity index (χ1n) is 5.59. The number of thiazole rings is 1. The lowest BCUT2D eigenvalue weighted by Crippen LogP contribution is -2.19. The molecular weight excluding hydrogens is 235 g/mol. The van der Waals surface area contributed by atoms with Crippen LogP contribution in [0.4, 0.5) is 4.39 Å². The van der Waals surface area contributed by atoms with Gasteiger partial charge in [0.25, 0.3) is 0 Å². The number of hydrogen-bond donors (Lipinski definition) is 1. The van der Waals surface area contributed by atoms with Gasteiger partial charge in [-0.2, -0.15) is 0 Å². The summed E-state index contributed by atoms with van der Waals surface area (Å²) in [4.78, 5) is 4.25. The zero-order chi connectivity index (χ0) is 12.1. The van der Waals surface area contributed by atoms with E-state index < -0.39 is 0 Å². The Morgan fingerprint density at radius 3 is 2.88 bits per heavy atom. The molecule has 0 radical (unpaired) electrons. The molecule has 90 valence electrons. The minimum atomic E-state index is -0.188. The van der Waals surface area contributed by atoms with Gasteiger partial charge in [-0.15, -0.1) is 11.3 Å². The molecule has 2 N–H and O–H groups in total. The fourth-order valence-electron chi connectivity index (χ4n) is 1.87. The van der Waals surface area contributed by atoms with E-state index in [2.05, 4.69) is 4.98 Å². The van der Waals surface area contributed by atoms with Crippen molar-refractivity contribution in [2.24, 2.45) is 11.7 Å². The van der Waals surface area contributed by atoms with Gasteiger partial charge in [0.05, 0.1) is 11.2 Å². The number of hydrogen-bond acceptors (Lipinski definition) is 3. The molecule has 17 heavy (non-hydrogen) atoms. The van der Waals surface area contributed by atoms with Gasteiger partial charge in [-0.25, -0.2) is 9.37 Å². The fourth-order valence-corrected chi connectivity index (χ4v) is 2.44. The van der Waals surface area contributed by atoms with Crippen molar-refractivity contribution in [1.29, 1.82) is 0 Å². The molecule has 1 heterocycles. The Morgan fingerprint density at radius 2 is 2.24 bits per heavy atom. The first-order valence-corrected chi connectivity index (χ1v) is 6.54. The summed E-state index contributed by atoms with van der Waals surface area (Å²) in [6, 6.07) is 6.71. The number of nitrogens with two attached hydrogens (primary N) is 1. The predicted molar refractivity (Wildman–Crippen MR) is 68.5 cm³/mol. The predicted octanol–water partition coefficient (Wildman–Crippen LogP) is 2.64. The average Bonchev–Trinajstić information content (AvgIpc) is 2.81. The van der Waals surface area contributed by atoms with E-state index in [1.165, 1.54) is 6.07 Å². The van der Waals surface area contributed by atoms with Gasteiger partial charge < -0.3 is 5.73 Å². The molecule has 0 bridgehead atoms. The third-order valence-electron chi connectivity index (χ3n) is 2.73. The lowest BCUT2D eigenvalue weighted by atomic mass is 9.95. The number of rotatable bonds is 5. The molecule has 0 saturated carbocycles. The maximum atomic E-state index is 13.1. The summed E-state index contributed by atoms with van der Waals surface area (Å²) in [7, 11) is 0. The Hall–Kier alpha value is -1.26. The van der Waals surface area contributed by atoms with Crippen molar-refractivity contribution in [2.45, 2.75) is 12.8 Å². The normalized spacial score (nSPS) is 12.6. The van der Waals surface area contributed by atoms with Crippen LogP contribution in [0.1, 0.15) is 11.3 Å². The molecule has 1 atom stereocenters. The van der Waals surface area contributed by atoms with E-state index in [1.54, 1.807) is 23.5 Å². The zero-order valence-electron chi connectivity index (χ0n) is 9.47. The summed E-state index contributed by atoms with van der Waals surface area (Å²) in [6.45, 7) is 0.591. The van der Waals surface area contributed by atoms with Crippen LogP contribution in [0.2, 0.25) is 0 Å². The molecule has 2 rings (SSSR count). The number of halogens is 1. The van der Waals surface area contributed by atoms with Gasteiger partial charge >= 0.3 is 0 Å². The number of nitrogens with zero attached hydrogens (tertiary/aromatic N) is 1. The Bertz CT molecular complexity index is 456. The topological polar surface area (TPSA) is 38.9 Å². The molecule has 4 heteroatoms. The van der Waals surface area contributed by atoms with Crippen LogP contribution in [-0.4, -0.2) is 11.5 Å². The Balaban J connectivity index is 2.00. The summed E-state index contributed by atoms with van der Waals surface area (Å²) in [5, 5.41) is 2.04. The zero-order valence-corrected chi connectivity index (χ0v) is 10.3. The Labute approximate surface area is 104 Å². The molecule has 2 nitrogen and oxygen atoms in total. The highest BCUT2D eigenvalue weighted by Gasteiger charge is 2.10. The second-order valence-electron chi connectivity index (χ2n) is 4.12. The highest BCUT2D eigenvalue weighted by Crippen LogP contribution is 2.15. The second-order valence-corrected chi connectivity index (χ2v) is 4.84. The van der Waals surface area contributed by atoms with Crippen LogP contribution in [0, 0.1) is 11.7 Å². The first-order chi connectivity index (χ1) is 8.28. The summed E-state index contributed by atoms with van der Waals surface area (Å²) in [5.74, 6) is 0.130. The van der Waals surface area contributed by atoms with Crippen molar-refractivity contribution in [3.8, 4) is 0 Å². The Kier molecular flexibility index (Phi) is 4.23. The van der Waals surface area contributed by atoms with E-state index in [0.29, 0.717) is 12.5 Å². The minimum absolute atomic E-state index is 0.188.